The molecule has 40 heavy (non-hydrogen) atoms. The van der Waals surface area contributed by atoms with Gasteiger partial charge >= 0.3 is 11.9 Å². The van der Waals surface area contributed by atoms with E-state index in [1.807, 2.05) is 0 Å². The van der Waals surface area contributed by atoms with Gasteiger partial charge in [0.05, 0.1) is 27.1 Å². The molecule has 0 radical (unpaired) electrons. The molecule has 8 heteroatoms. The van der Waals surface area contributed by atoms with Gasteiger partial charge in [-0.3, -0.25) is 19.4 Å². The molecule has 8 nitrogen and oxygen atoms in total. The Morgan fingerprint density at radius 2 is 0.875 bits per heavy atom. The van der Waals surface area contributed by atoms with Crippen LogP contribution in [0.25, 0.3) is 0 Å². The minimum absolute atomic E-state index is 0.0708. The fraction of sp³-hybridized carbons (Fsp3) is 0.938. The number of piperidine rings is 2. The van der Waals surface area contributed by atoms with Crippen molar-refractivity contribution in [1.82, 2.24) is 20.4 Å². The Balaban J connectivity index is 1.92. The Hall–Kier alpha value is -1.22. The third kappa shape index (κ3) is 12.3. The Kier molecular flexibility index (Phi) is 12.9. The highest BCUT2D eigenvalue weighted by Gasteiger charge is 2.41. The van der Waals surface area contributed by atoms with Gasteiger partial charge in [0.2, 0.25) is 0 Å². The lowest BCUT2D eigenvalue weighted by molar-refractivity contribution is -0.142. The quantitative estimate of drug-likeness (QED) is 0.214. The average molecular weight is 567 g/mol. The number of hydrogen-bond acceptors (Lipinski definition) is 8. The van der Waals surface area contributed by atoms with E-state index in [2.05, 4.69) is 75.8 Å². The van der Waals surface area contributed by atoms with Crippen LogP contribution >= 0.6 is 0 Å². The van der Waals surface area contributed by atoms with Gasteiger partial charge in [-0.1, -0.05) is 12.8 Å². The lowest BCUT2D eigenvalue weighted by atomic mass is 9.79. The predicted octanol–water partition coefficient (Wildman–Crippen LogP) is 4.90. The highest BCUT2D eigenvalue weighted by atomic mass is 16.5. The van der Waals surface area contributed by atoms with Gasteiger partial charge in [-0.15, -0.1) is 0 Å². The molecule has 0 aromatic rings. The average Bonchev–Trinajstić information content (AvgIpc) is 2.80. The lowest BCUT2D eigenvalue weighted by Crippen LogP contribution is -2.62. The van der Waals surface area contributed by atoms with Crippen molar-refractivity contribution in [2.75, 3.05) is 40.4 Å². The van der Waals surface area contributed by atoms with E-state index in [0.29, 0.717) is 24.9 Å². The van der Waals surface area contributed by atoms with Crippen molar-refractivity contribution in [3.8, 4) is 0 Å². The fourth-order valence-electron chi connectivity index (χ4n) is 7.66. The molecule has 2 aliphatic heterocycles. The van der Waals surface area contributed by atoms with Crippen LogP contribution in [0.3, 0.4) is 0 Å². The minimum atomic E-state index is -0.131. The van der Waals surface area contributed by atoms with E-state index in [4.69, 9.17) is 9.47 Å². The smallest absolute Gasteiger partial charge is 0.306 e. The summed E-state index contributed by atoms with van der Waals surface area (Å²) in [7, 11) is 2.95. The molecule has 234 valence electrons. The van der Waals surface area contributed by atoms with E-state index < -0.39 is 0 Å². The van der Waals surface area contributed by atoms with Gasteiger partial charge < -0.3 is 20.1 Å². The van der Waals surface area contributed by atoms with Gasteiger partial charge in [0.25, 0.3) is 0 Å². The van der Waals surface area contributed by atoms with E-state index in [9.17, 15) is 9.59 Å². The number of rotatable bonds is 15. The molecule has 0 aromatic carbocycles. The summed E-state index contributed by atoms with van der Waals surface area (Å²) in [5.74, 6) is -0.262. The molecule has 0 aromatic heterocycles. The summed E-state index contributed by atoms with van der Waals surface area (Å²) in [5.41, 5.74) is 0.283. The SMILES string of the molecule is COC(=O)CCN(CCCCCCN(CCC(=O)OC)C1CC(C)(C)NC(C)(C)C1)C1CC(C)(C)NC(C)(C)C1. The molecule has 2 rings (SSSR count). The Labute approximate surface area is 245 Å². The third-order valence-corrected chi connectivity index (χ3v) is 8.67. The number of nitrogens with one attached hydrogen (secondary N) is 2. The van der Waals surface area contributed by atoms with Gasteiger partial charge in [0, 0.05) is 47.3 Å². The van der Waals surface area contributed by atoms with Crippen molar-refractivity contribution in [2.45, 2.75) is 154 Å². The number of hydrogen-bond donors (Lipinski definition) is 2. The van der Waals surface area contributed by atoms with Crippen LogP contribution in [-0.4, -0.2) is 96.4 Å². The number of unbranched alkanes of at least 4 members (excludes halogenated alkanes) is 3. The van der Waals surface area contributed by atoms with E-state index >= 15 is 0 Å². The topological polar surface area (TPSA) is 83.1 Å². The summed E-state index contributed by atoms with van der Waals surface area (Å²) >= 11 is 0. The van der Waals surface area contributed by atoms with Gasteiger partial charge in [0.1, 0.15) is 0 Å². The van der Waals surface area contributed by atoms with Crippen LogP contribution in [0.4, 0.5) is 0 Å². The van der Waals surface area contributed by atoms with Gasteiger partial charge in [0.15, 0.2) is 0 Å². The molecule has 2 fully saturated rings. The molecule has 0 spiro atoms. The second-order valence-electron chi connectivity index (χ2n) is 15.0. The highest BCUT2D eigenvalue weighted by Crippen LogP contribution is 2.33. The van der Waals surface area contributed by atoms with E-state index in [1.54, 1.807) is 0 Å². The first-order valence-corrected chi connectivity index (χ1v) is 15.7. The maximum atomic E-state index is 12.0. The molecule has 2 N–H and O–H groups in total. The summed E-state index contributed by atoms with van der Waals surface area (Å²) in [6, 6.07) is 0.910. The number of carbonyl (C=O) groups excluding carboxylic acids is 2. The molecule has 0 atom stereocenters. The number of carbonyl (C=O) groups is 2. The number of esters is 2. The van der Waals surface area contributed by atoms with Crippen molar-refractivity contribution < 1.29 is 19.1 Å². The summed E-state index contributed by atoms with van der Waals surface area (Å²) in [5, 5.41) is 7.58. The molecule has 2 heterocycles. The first-order valence-electron chi connectivity index (χ1n) is 15.7. The van der Waals surface area contributed by atoms with E-state index in [1.165, 1.54) is 27.1 Å². The maximum Gasteiger partial charge on any atom is 0.306 e. The molecule has 0 amide bonds. The molecule has 0 bridgehead atoms. The van der Waals surface area contributed by atoms with Gasteiger partial charge in [-0.25, -0.2) is 0 Å². The molecule has 2 aliphatic rings. The van der Waals surface area contributed by atoms with Crippen molar-refractivity contribution in [2.24, 2.45) is 0 Å². The lowest BCUT2D eigenvalue weighted by Gasteiger charge is -2.50. The molecule has 0 aliphatic carbocycles. The highest BCUT2D eigenvalue weighted by molar-refractivity contribution is 5.69. The monoisotopic (exact) mass is 566 g/mol. The summed E-state index contributed by atoms with van der Waals surface area (Å²) in [6.45, 7) is 21.8. The number of nitrogens with zero attached hydrogens (tertiary/aromatic N) is 2. The first kappa shape index (κ1) is 35.0. The van der Waals surface area contributed by atoms with Crippen LogP contribution in [0, 0.1) is 0 Å². The summed E-state index contributed by atoms with van der Waals surface area (Å²) in [6.07, 6.45) is 9.79. The van der Waals surface area contributed by atoms with Crippen molar-refractivity contribution >= 4 is 11.9 Å². The Morgan fingerprint density at radius 1 is 0.575 bits per heavy atom. The number of methoxy groups -OCH3 is 2. The van der Waals surface area contributed by atoms with E-state index in [0.717, 1.165) is 64.7 Å². The normalized spacial score (nSPS) is 22.4. The van der Waals surface area contributed by atoms with Crippen LogP contribution in [0.5, 0.6) is 0 Å². The summed E-state index contributed by atoms with van der Waals surface area (Å²) in [4.78, 5) is 29.0. The predicted molar refractivity (Wildman–Crippen MR) is 164 cm³/mol. The Morgan fingerprint density at radius 3 is 1.15 bits per heavy atom. The van der Waals surface area contributed by atoms with Crippen LogP contribution in [0.2, 0.25) is 0 Å². The van der Waals surface area contributed by atoms with Crippen LogP contribution in [-0.2, 0) is 19.1 Å². The standard InChI is InChI=1S/C32H62N4O4/c1-29(2)21-25(22-30(3,4)33-29)35(19-15-27(37)39-9)17-13-11-12-14-18-36(20-16-28(38)40-10)26-23-31(5,6)34-32(7,8)24-26/h25-26,33-34H,11-24H2,1-10H3. The molecular formula is C32H62N4O4. The second kappa shape index (κ2) is 14.8. The zero-order valence-corrected chi connectivity index (χ0v) is 27.6. The van der Waals surface area contributed by atoms with Crippen molar-refractivity contribution in [3.05, 3.63) is 0 Å². The van der Waals surface area contributed by atoms with Gasteiger partial charge in [-0.05, 0) is 107 Å². The molecular weight excluding hydrogens is 504 g/mol. The first-order chi connectivity index (χ1) is 18.5. The Bertz CT molecular complexity index is 713. The van der Waals surface area contributed by atoms with Gasteiger partial charge in [-0.2, -0.15) is 0 Å². The second-order valence-corrected chi connectivity index (χ2v) is 15.0. The molecule has 2 saturated heterocycles. The zero-order chi connectivity index (χ0) is 30.2. The fourth-order valence-corrected chi connectivity index (χ4v) is 7.66. The number of ether oxygens (including phenoxy) is 2. The maximum absolute atomic E-state index is 12.0. The zero-order valence-electron chi connectivity index (χ0n) is 27.6. The van der Waals surface area contributed by atoms with Crippen LogP contribution < -0.4 is 10.6 Å². The van der Waals surface area contributed by atoms with E-state index in [-0.39, 0.29) is 34.1 Å². The molecule has 0 unspecified atom stereocenters. The summed E-state index contributed by atoms with van der Waals surface area (Å²) < 4.78 is 9.90. The third-order valence-electron chi connectivity index (χ3n) is 8.67. The van der Waals surface area contributed by atoms with Crippen molar-refractivity contribution in [1.29, 1.82) is 0 Å². The minimum Gasteiger partial charge on any atom is -0.469 e. The largest absolute Gasteiger partial charge is 0.469 e. The van der Waals surface area contributed by atoms with Crippen molar-refractivity contribution in [3.63, 3.8) is 0 Å². The molecule has 0 saturated carbocycles. The van der Waals surface area contributed by atoms with Crippen LogP contribution in [0.15, 0.2) is 0 Å². The van der Waals surface area contributed by atoms with Crippen LogP contribution in [0.1, 0.15) is 120 Å².